The van der Waals surface area contributed by atoms with Gasteiger partial charge in [-0.2, -0.15) is 11.8 Å². The van der Waals surface area contributed by atoms with E-state index >= 15 is 0 Å². The Bertz CT molecular complexity index is 281. The van der Waals surface area contributed by atoms with E-state index in [9.17, 15) is 14.7 Å². The van der Waals surface area contributed by atoms with Gasteiger partial charge in [-0.15, -0.1) is 12.4 Å². The summed E-state index contributed by atoms with van der Waals surface area (Å²) in [6.45, 7) is 3.42. The molecule has 0 saturated heterocycles. The molecule has 3 atom stereocenters. The molecule has 0 aliphatic rings. The third-order valence-corrected chi connectivity index (χ3v) is 2.97. The second kappa shape index (κ2) is 11.3. The summed E-state index contributed by atoms with van der Waals surface area (Å²) < 4.78 is 4.74. The highest BCUT2D eigenvalue weighted by Crippen LogP contribution is 2.03. The van der Waals surface area contributed by atoms with Gasteiger partial charge in [0.05, 0.1) is 6.61 Å². The average Bonchev–Trinajstić information content (AvgIpc) is 2.34. The fourth-order valence-electron chi connectivity index (χ4n) is 1.23. The van der Waals surface area contributed by atoms with Gasteiger partial charge in [0.1, 0.15) is 12.1 Å². The maximum absolute atomic E-state index is 11.6. The van der Waals surface area contributed by atoms with E-state index in [1.54, 1.807) is 18.7 Å². The van der Waals surface area contributed by atoms with Gasteiger partial charge in [-0.1, -0.05) is 0 Å². The van der Waals surface area contributed by atoms with Crippen LogP contribution in [0.2, 0.25) is 0 Å². The van der Waals surface area contributed by atoms with Crippen LogP contribution < -0.4 is 11.1 Å². The first-order valence-electron chi connectivity index (χ1n) is 5.83. The van der Waals surface area contributed by atoms with E-state index in [2.05, 4.69) is 5.32 Å². The molecule has 0 aromatic heterocycles. The van der Waals surface area contributed by atoms with Crippen molar-refractivity contribution in [3.8, 4) is 0 Å². The Hall–Kier alpha value is -0.500. The first-order valence-corrected chi connectivity index (χ1v) is 7.23. The fraction of sp³-hybridized carbons (Fsp3) is 0.818. The lowest BCUT2D eigenvalue weighted by Crippen LogP contribution is -2.50. The van der Waals surface area contributed by atoms with Crippen LogP contribution in [0.15, 0.2) is 0 Å². The normalized spacial score (nSPS) is 14.8. The van der Waals surface area contributed by atoms with Crippen molar-refractivity contribution in [2.45, 2.75) is 38.5 Å². The summed E-state index contributed by atoms with van der Waals surface area (Å²) in [6.07, 6.45) is 1.14. The van der Waals surface area contributed by atoms with Crippen molar-refractivity contribution in [1.82, 2.24) is 5.32 Å². The fourth-order valence-corrected chi connectivity index (χ4v) is 1.74. The van der Waals surface area contributed by atoms with Crippen molar-refractivity contribution in [2.24, 2.45) is 5.73 Å². The summed E-state index contributed by atoms with van der Waals surface area (Å²) in [4.78, 5) is 22.9. The van der Waals surface area contributed by atoms with Crippen LogP contribution in [0, 0.1) is 0 Å². The van der Waals surface area contributed by atoms with Crippen LogP contribution in [0.4, 0.5) is 0 Å². The number of amides is 1. The van der Waals surface area contributed by atoms with E-state index in [1.807, 2.05) is 6.26 Å². The maximum Gasteiger partial charge on any atom is 0.328 e. The minimum atomic E-state index is -1.31. The SMILES string of the molecule is CCOC(=O)[C@H](C)NC(=O)C(O)[C@@H](N)CCSC.Cl. The topological polar surface area (TPSA) is 102 Å². The molecule has 1 amide bonds. The summed E-state index contributed by atoms with van der Waals surface area (Å²) >= 11 is 1.59. The van der Waals surface area contributed by atoms with Crippen LogP contribution in [0.5, 0.6) is 0 Å². The number of nitrogens with two attached hydrogens (primary N) is 1. The van der Waals surface area contributed by atoms with E-state index in [-0.39, 0.29) is 19.0 Å². The van der Waals surface area contributed by atoms with Gasteiger partial charge in [-0.3, -0.25) is 4.79 Å². The molecule has 0 rings (SSSR count). The van der Waals surface area contributed by atoms with Crippen LogP contribution in [-0.4, -0.2) is 53.8 Å². The first kappa shape index (κ1) is 20.8. The van der Waals surface area contributed by atoms with Crippen LogP contribution in [0.3, 0.4) is 0 Å². The summed E-state index contributed by atoms with van der Waals surface area (Å²) in [5, 5.41) is 12.0. The number of carbonyl (C=O) groups excluding carboxylic acids is 2. The Morgan fingerprint density at radius 3 is 2.53 bits per heavy atom. The molecule has 8 heteroatoms. The number of nitrogens with one attached hydrogen (secondary N) is 1. The monoisotopic (exact) mass is 314 g/mol. The van der Waals surface area contributed by atoms with Crippen molar-refractivity contribution >= 4 is 36.0 Å². The lowest BCUT2D eigenvalue weighted by atomic mass is 10.1. The summed E-state index contributed by atoms with van der Waals surface area (Å²) in [7, 11) is 0. The maximum atomic E-state index is 11.6. The van der Waals surface area contributed by atoms with E-state index in [0.29, 0.717) is 6.42 Å². The number of thioether (sulfide) groups is 1. The van der Waals surface area contributed by atoms with Gasteiger partial charge in [0, 0.05) is 6.04 Å². The number of ether oxygens (including phenoxy) is 1. The molecule has 0 saturated carbocycles. The quantitative estimate of drug-likeness (QED) is 0.542. The van der Waals surface area contributed by atoms with Gasteiger partial charge in [0.15, 0.2) is 0 Å². The zero-order chi connectivity index (χ0) is 14.1. The van der Waals surface area contributed by atoms with Crippen LogP contribution >= 0.6 is 24.2 Å². The molecule has 0 aliphatic carbocycles. The molecule has 19 heavy (non-hydrogen) atoms. The standard InChI is InChI=1S/C11H22N2O4S.ClH/c1-4-17-11(16)7(2)13-10(15)9(14)8(12)5-6-18-3;/h7-9,14H,4-6,12H2,1-3H3,(H,13,15);1H/t7-,8-,9?;/m0./s1. The molecular formula is C11H23ClN2O4S. The lowest BCUT2D eigenvalue weighted by molar-refractivity contribution is -0.148. The molecule has 0 spiro atoms. The van der Waals surface area contributed by atoms with Crippen molar-refractivity contribution in [2.75, 3.05) is 18.6 Å². The van der Waals surface area contributed by atoms with Crippen molar-refractivity contribution in [1.29, 1.82) is 0 Å². The zero-order valence-corrected chi connectivity index (χ0v) is 13.1. The van der Waals surface area contributed by atoms with Gasteiger partial charge in [-0.25, -0.2) is 4.79 Å². The minimum Gasteiger partial charge on any atom is -0.464 e. The highest BCUT2D eigenvalue weighted by atomic mass is 35.5. The third-order valence-electron chi connectivity index (χ3n) is 2.33. The molecule has 0 aromatic carbocycles. The smallest absolute Gasteiger partial charge is 0.328 e. The molecule has 0 bridgehead atoms. The Labute approximate surface area is 124 Å². The second-order valence-corrected chi connectivity index (χ2v) is 4.86. The number of esters is 1. The van der Waals surface area contributed by atoms with Crippen LogP contribution in [0.1, 0.15) is 20.3 Å². The number of rotatable bonds is 8. The molecule has 0 fully saturated rings. The van der Waals surface area contributed by atoms with Gasteiger partial charge >= 0.3 is 5.97 Å². The number of aliphatic hydroxyl groups excluding tert-OH is 1. The molecule has 6 nitrogen and oxygen atoms in total. The van der Waals surface area contributed by atoms with E-state index in [0.717, 1.165) is 5.75 Å². The third kappa shape index (κ3) is 8.30. The Morgan fingerprint density at radius 2 is 2.05 bits per heavy atom. The van der Waals surface area contributed by atoms with Gasteiger partial charge in [0.2, 0.25) is 0 Å². The molecular weight excluding hydrogens is 292 g/mol. The summed E-state index contributed by atoms with van der Waals surface area (Å²) in [5.41, 5.74) is 5.67. The Kier molecular flexibility index (Phi) is 12.4. The molecule has 4 N–H and O–H groups in total. The predicted octanol–water partition coefficient (Wildman–Crippen LogP) is -0.0827. The van der Waals surface area contributed by atoms with Gasteiger partial charge in [0.25, 0.3) is 5.91 Å². The number of hydrogen-bond acceptors (Lipinski definition) is 6. The van der Waals surface area contributed by atoms with Crippen molar-refractivity contribution in [3.63, 3.8) is 0 Å². The molecule has 1 unspecified atom stereocenters. The Morgan fingerprint density at radius 1 is 1.47 bits per heavy atom. The van der Waals surface area contributed by atoms with Gasteiger partial charge < -0.3 is 20.9 Å². The highest BCUT2D eigenvalue weighted by Gasteiger charge is 2.25. The molecule has 0 heterocycles. The number of aliphatic hydroxyl groups is 1. The first-order chi connectivity index (χ1) is 8.43. The zero-order valence-electron chi connectivity index (χ0n) is 11.4. The largest absolute Gasteiger partial charge is 0.464 e. The van der Waals surface area contributed by atoms with E-state index < -0.39 is 30.1 Å². The molecule has 0 radical (unpaired) electrons. The van der Waals surface area contributed by atoms with Gasteiger partial charge in [-0.05, 0) is 32.3 Å². The number of carbonyl (C=O) groups is 2. The molecule has 0 aromatic rings. The molecule has 114 valence electrons. The van der Waals surface area contributed by atoms with Crippen LogP contribution in [-0.2, 0) is 14.3 Å². The summed E-state index contributed by atoms with van der Waals surface area (Å²) in [5.74, 6) is -0.418. The van der Waals surface area contributed by atoms with E-state index in [4.69, 9.17) is 10.5 Å². The highest BCUT2D eigenvalue weighted by molar-refractivity contribution is 7.98. The van der Waals surface area contributed by atoms with Crippen molar-refractivity contribution < 1.29 is 19.4 Å². The average molecular weight is 315 g/mol. The number of hydrogen-bond donors (Lipinski definition) is 3. The predicted molar refractivity (Wildman–Crippen MR) is 78.5 cm³/mol. The van der Waals surface area contributed by atoms with Crippen LogP contribution in [0.25, 0.3) is 0 Å². The van der Waals surface area contributed by atoms with Crippen molar-refractivity contribution in [3.05, 3.63) is 0 Å². The number of halogens is 1. The molecule has 0 aliphatic heterocycles. The Balaban J connectivity index is 0. The lowest BCUT2D eigenvalue weighted by Gasteiger charge is -2.20. The van der Waals surface area contributed by atoms with E-state index in [1.165, 1.54) is 6.92 Å². The summed E-state index contributed by atoms with van der Waals surface area (Å²) in [6, 6.07) is -1.42. The minimum absolute atomic E-state index is 0. The second-order valence-electron chi connectivity index (χ2n) is 3.87.